The van der Waals surface area contributed by atoms with Crippen LogP contribution in [-0.2, 0) is 6.18 Å². The summed E-state index contributed by atoms with van der Waals surface area (Å²) >= 11 is 1.15. The summed E-state index contributed by atoms with van der Waals surface area (Å²) in [6.07, 6.45) is -1.79. The van der Waals surface area contributed by atoms with E-state index in [0.29, 0.717) is 15.8 Å². The quantitative estimate of drug-likeness (QED) is 0.728. The molecule has 4 nitrogen and oxygen atoms in total. The van der Waals surface area contributed by atoms with Crippen molar-refractivity contribution in [1.29, 1.82) is 0 Å². The average molecular weight is 296 g/mol. The molecule has 0 aliphatic carbocycles. The van der Waals surface area contributed by atoms with Crippen molar-refractivity contribution in [2.75, 3.05) is 0 Å². The number of pyridine rings is 2. The van der Waals surface area contributed by atoms with E-state index in [9.17, 15) is 13.2 Å². The first-order valence-corrected chi connectivity index (χ1v) is 6.36. The van der Waals surface area contributed by atoms with Crippen molar-refractivity contribution < 1.29 is 13.2 Å². The second-order valence-electron chi connectivity index (χ2n) is 3.90. The maximum atomic E-state index is 12.4. The van der Waals surface area contributed by atoms with Crippen molar-refractivity contribution in [2.45, 2.75) is 16.4 Å². The number of nitrogens with zero attached hydrogens (tertiary/aromatic N) is 4. The molecular weight excluding hydrogens is 289 g/mol. The summed E-state index contributed by atoms with van der Waals surface area (Å²) in [5.74, 6) is 0. The first-order valence-electron chi connectivity index (χ1n) is 5.55. The minimum atomic E-state index is -4.38. The van der Waals surface area contributed by atoms with Crippen molar-refractivity contribution in [3.63, 3.8) is 0 Å². The predicted octanol–water partition coefficient (Wildman–Crippen LogP) is 3.29. The molecule has 0 aliphatic heterocycles. The molecule has 0 aromatic carbocycles. The Bertz CT molecular complexity index is 736. The largest absolute Gasteiger partial charge is 0.417 e. The molecule has 3 aromatic rings. The Labute approximate surface area is 115 Å². The SMILES string of the molecule is FC(F)(F)c1ccc(Sc2nnc3ccccn23)nc1. The number of aromatic nitrogens is 4. The van der Waals surface area contributed by atoms with Gasteiger partial charge in [-0.1, -0.05) is 6.07 Å². The lowest BCUT2D eigenvalue weighted by molar-refractivity contribution is -0.137. The van der Waals surface area contributed by atoms with Gasteiger partial charge in [-0.15, -0.1) is 10.2 Å². The van der Waals surface area contributed by atoms with E-state index in [2.05, 4.69) is 15.2 Å². The minimum Gasteiger partial charge on any atom is -0.277 e. The second kappa shape index (κ2) is 4.78. The molecule has 8 heteroatoms. The van der Waals surface area contributed by atoms with E-state index in [4.69, 9.17) is 0 Å². The third kappa shape index (κ3) is 2.46. The normalized spacial score (nSPS) is 11.9. The molecular formula is C12H7F3N4S. The van der Waals surface area contributed by atoms with Crippen LogP contribution in [0.2, 0.25) is 0 Å². The van der Waals surface area contributed by atoms with Gasteiger partial charge in [-0.3, -0.25) is 4.40 Å². The fourth-order valence-electron chi connectivity index (χ4n) is 1.59. The van der Waals surface area contributed by atoms with Gasteiger partial charge in [-0.2, -0.15) is 13.2 Å². The standard InChI is InChI=1S/C12H7F3N4S/c13-12(14,15)8-4-5-10(16-7-8)20-11-18-17-9-3-1-2-6-19(9)11/h1-7H. The highest BCUT2D eigenvalue weighted by atomic mass is 32.2. The van der Waals surface area contributed by atoms with Crippen molar-refractivity contribution in [3.05, 3.63) is 48.3 Å². The molecule has 0 unspecified atom stereocenters. The zero-order valence-electron chi connectivity index (χ0n) is 9.87. The number of hydrogen-bond donors (Lipinski definition) is 0. The smallest absolute Gasteiger partial charge is 0.277 e. The Balaban J connectivity index is 1.88. The summed E-state index contributed by atoms with van der Waals surface area (Å²) in [6, 6.07) is 7.75. The van der Waals surface area contributed by atoms with Crippen molar-refractivity contribution >= 4 is 17.4 Å². The molecule has 0 spiro atoms. The molecule has 0 fully saturated rings. The molecule has 20 heavy (non-hydrogen) atoms. The van der Waals surface area contributed by atoms with Crippen LogP contribution in [0.15, 0.2) is 52.9 Å². The van der Waals surface area contributed by atoms with Crippen LogP contribution in [-0.4, -0.2) is 19.6 Å². The van der Waals surface area contributed by atoms with Crippen molar-refractivity contribution in [1.82, 2.24) is 19.6 Å². The molecule has 3 heterocycles. The van der Waals surface area contributed by atoms with Crippen LogP contribution in [0.3, 0.4) is 0 Å². The average Bonchev–Trinajstić information content (AvgIpc) is 2.82. The highest BCUT2D eigenvalue weighted by molar-refractivity contribution is 7.99. The Morgan fingerprint density at radius 2 is 1.90 bits per heavy atom. The fourth-order valence-corrected chi connectivity index (χ4v) is 2.35. The van der Waals surface area contributed by atoms with Gasteiger partial charge >= 0.3 is 6.18 Å². The molecule has 102 valence electrons. The molecule has 0 aliphatic rings. The van der Waals surface area contributed by atoms with Gasteiger partial charge in [-0.25, -0.2) is 4.98 Å². The van der Waals surface area contributed by atoms with E-state index in [0.717, 1.165) is 24.0 Å². The Morgan fingerprint density at radius 1 is 1.05 bits per heavy atom. The lowest BCUT2D eigenvalue weighted by Gasteiger charge is -2.06. The van der Waals surface area contributed by atoms with Crippen LogP contribution in [0, 0.1) is 0 Å². The highest BCUT2D eigenvalue weighted by Gasteiger charge is 2.30. The summed E-state index contributed by atoms with van der Waals surface area (Å²) in [6.45, 7) is 0. The first kappa shape index (κ1) is 12.9. The van der Waals surface area contributed by atoms with Gasteiger partial charge < -0.3 is 0 Å². The number of hydrogen-bond acceptors (Lipinski definition) is 4. The van der Waals surface area contributed by atoms with E-state index in [-0.39, 0.29) is 0 Å². The molecule has 0 saturated carbocycles. The number of alkyl halides is 3. The van der Waals surface area contributed by atoms with E-state index in [1.807, 2.05) is 12.1 Å². The van der Waals surface area contributed by atoms with Gasteiger partial charge in [0.05, 0.1) is 5.56 Å². The minimum absolute atomic E-state index is 0.427. The summed E-state index contributed by atoms with van der Waals surface area (Å²) in [7, 11) is 0. The molecule has 0 N–H and O–H groups in total. The number of halogens is 3. The lowest BCUT2D eigenvalue weighted by atomic mass is 10.3. The zero-order valence-corrected chi connectivity index (χ0v) is 10.7. The van der Waals surface area contributed by atoms with Crippen LogP contribution in [0.25, 0.3) is 5.65 Å². The summed E-state index contributed by atoms with van der Waals surface area (Å²) in [4.78, 5) is 3.79. The lowest BCUT2D eigenvalue weighted by Crippen LogP contribution is -2.05. The Morgan fingerprint density at radius 3 is 2.60 bits per heavy atom. The Kier molecular flexibility index (Phi) is 3.09. The molecule has 3 aromatic heterocycles. The monoisotopic (exact) mass is 296 g/mol. The third-order valence-corrected chi connectivity index (χ3v) is 3.45. The summed E-state index contributed by atoms with van der Waals surface area (Å²) < 4.78 is 39.0. The van der Waals surface area contributed by atoms with Crippen LogP contribution in [0.4, 0.5) is 13.2 Å². The Hall–Kier alpha value is -2.09. The molecule has 0 saturated heterocycles. The number of fused-ring (bicyclic) bond motifs is 1. The van der Waals surface area contributed by atoms with Crippen molar-refractivity contribution in [3.8, 4) is 0 Å². The van der Waals surface area contributed by atoms with Gasteiger partial charge in [0.1, 0.15) is 5.03 Å². The molecule has 0 atom stereocenters. The predicted molar refractivity (Wildman–Crippen MR) is 66.3 cm³/mol. The van der Waals surface area contributed by atoms with Gasteiger partial charge in [0, 0.05) is 12.4 Å². The van der Waals surface area contributed by atoms with Crippen LogP contribution in [0.5, 0.6) is 0 Å². The molecule has 0 amide bonds. The molecule has 0 radical (unpaired) electrons. The topological polar surface area (TPSA) is 43.1 Å². The van der Waals surface area contributed by atoms with Crippen molar-refractivity contribution in [2.24, 2.45) is 0 Å². The maximum Gasteiger partial charge on any atom is 0.417 e. The van der Waals surface area contributed by atoms with Crippen LogP contribution >= 0.6 is 11.8 Å². The fraction of sp³-hybridized carbons (Fsp3) is 0.0833. The zero-order chi connectivity index (χ0) is 14.2. The first-order chi connectivity index (χ1) is 9.54. The highest BCUT2D eigenvalue weighted by Crippen LogP contribution is 2.31. The van der Waals surface area contributed by atoms with E-state index < -0.39 is 11.7 Å². The number of rotatable bonds is 2. The van der Waals surface area contributed by atoms with E-state index in [1.54, 1.807) is 16.7 Å². The van der Waals surface area contributed by atoms with Gasteiger partial charge in [-0.05, 0) is 36.0 Å². The molecule has 0 bridgehead atoms. The summed E-state index contributed by atoms with van der Waals surface area (Å²) in [5.41, 5.74) is -0.102. The van der Waals surface area contributed by atoms with E-state index in [1.165, 1.54) is 6.07 Å². The van der Waals surface area contributed by atoms with Gasteiger partial charge in [0.15, 0.2) is 5.65 Å². The maximum absolute atomic E-state index is 12.4. The van der Waals surface area contributed by atoms with Crippen LogP contribution in [0.1, 0.15) is 5.56 Å². The third-order valence-electron chi connectivity index (χ3n) is 2.54. The molecule has 3 rings (SSSR count). The van der Waals surface area contributed by atoms with Gasteiger partial charge in [0.2, 0.25) is 5.16 Å². The van der Waals surface area contributed by atoms with Gasteiger partial charge in [0.25, 0.3) is 0 Å². The summed E-state index contributed by atoms with van der Waals surface area (Å²) in [5, 5.41) is 8.91. The van der Waals surface area contributed by atoms with Crippen LogP contribution < -0.4 is 0 Å². The second-order valence-corrected chi connectivity index (χ2v) is 4.88. The van der Waals surface area contributed by atoms with E-state index >= 15 is 0 Å².